The maximum atomic E-state index is 11.4. The standard InChI is InChI=1S/C10H14O.C5H9F/c1-3-8-11-10-6-4-9(2)5-7-10;6-4-5-2-1-3-5/h4-7H,3,8H2,1-2H3;5H,1-4H2. The van der Waals surface area contributed by atoms with Crippen molar-refractivity contribution in [1.29, 1.82) is 0 Å². The average molecular weight is 238 g/mol. The fourth-order valence-corrected chi connectivity index (χ4v) is 1.50. The molecular formula is C15H23FO. The van der Waals surface area contributed by atoms with Gasteiger partial charge in [-0.1, -0.05) is 31.0 Å². The summed E-state index contributed by atoms with van der Waals surface area (Å²) in [7, 11) is 0. The van der Waals surface area contributed by atoms with E-state index in [1.807, 2.05) is 12.1 Å². The van der Waals surface area contributed by atoms with Crippen LogP contribution >= 0.6 is 0 Å². The molecule has 0 aromatic heterocycles. The van der Waals surface area contributed by atoms with E-state index in [1.165, 1.54) is 12.0 Å². The molecule has 0 amide bonds. The molecule has 1 aromatic carbocycles. The highest BCUT2D eigenvalue weighted by molar-refractivity contribution is 5.26. The van der Waals surface area contributed by atoms with Crippen LogP contribution in [0.25, 0.3) is 0 Å². The Kier molecular flexibility index (Phi) is 6.68. The van der Waals surface area contributed by atoms with Gasteiger partial charge in [0, 0.05) is 0 Å². The van der Waals surface area contributed by atoms with Crippen molar-refractivity contribution in [3.05, 3.63) is 29.8 Å². The van der Waals surface area contributed by atoms with E-state index in [4.69, 9.17) is 4.74 Å². The molecule has 1 fully saturated rings. The Bertz CT molecular complexity index is 288. The van der Waals surface area contributed by atoms with Crippen molar-refractivity contribution in [2.75, 3.05) is 13.3 Å². The van der Waals surface area contributed by atoms with Gasteiger partial charge in [0.05, 0.1) is 13.3 Å². The summed E-state index contributed by atoms with van der Waals surface area (Å²) < 4.78 is 16.8. The van der Waals surface area contributed by atoms with E-state index in [-0.39, 0.29) is 6.67 Å². The van der Waals surface area contributed by atoms with Crippen molar-refractivity contribution < 1.29 is 9.13 Å². The Hall–Kier alpha value is -1.05. The van der Waals surface area contributed by atoms with Crippen LogP contribution in [0, 0.1) is 12.8 Å². The van der Waals surface area contributed by atoms with E-state index in [2.05, 4.69) is 26.0 Å². The van der Waals surface area contributed by atoms with E-state index < -0.39 is 0 Å². The maximum absolute atomic E-state index is 11.4. The summed E-state index contributed by atoms with van der Waals surface area (Å²) in [6.07, 6.45) is 4.59. The molecule has 0 spiro atoms. The van der Waals surface area contributed by atoms with Gasteiger partial charge in [-0.25, -0.2) is 0 Å². The second-order valence-corrected chi connectivity index (χ2v) is 4.61. The van der Waals surface area contributed by atoms with Gasteiger partial charge in [-0.3, -0.25) is 4.39 Å². The molecule has 1 aromatic rings. The summed E-state index contributed by atoms with van der Waals surface area (Å²) in [5, 5.41) is 0. The molecule has 96 valence electrons. The first-order chi connectivity index (χ1) is 8.26. The molecule has 0 saturated heterocycles. The molecule has 0 unspecified atom stereocenters. The second-order valence-electron chi connectivity index (χ2n) is 4.61. The minimum Gasteiger partial charge on any atom is -0.494 e. The number of benzene rings is 1. The summed E-state index contributed by atoms with van der Waals surface area (Å²) in [6.45, 7) is 4.90. The largest absolute Gasteiger partial charge is 0.494 e. The molecule has 0 bridgehead atoms. The summed E-state index contributed by atoms with van der Waals surface area (Å²) >= 11 is 0. The molecule has 2 heteroatoms. The SMILES string of the molecule is CCCOc1ccc(C)cc1.FCC1CCC1. The third-order valence-corrected chi connectivity index (χ3v) is 2.94. The minimum absolute atomic E-state index is 0.0833. The quantitative estimate of drug-likeness (QED) is 0.748. The Labute approximate surface area is 104 Å². The highest BCUT2D eigenvalue weighted by Crippen LogP contribution is 2.25. The zero-order chi connectivity index (χ0) is 12.5. The Morgan fingerprint density at radius 2 is 1.88 bits per heavy atom. The third-order valence-electron chi connectivity index (χ3n) is 2.94. The molecule has 0 heterocycles. The second kappa shape index (κ2) is 8.10. The maximum Gasteiger partial charge on any atom is 0.119 e. The highest BCUT2D eigenvalue weighted by atomic mass is 19.1. The lowest BCUT2D eigenvalue weighted by atomic mass is 9.87. The first-order valence-corrected chi connectivity index (χ1v) is 6.51. The number of alkyl halides is 1. The zero-order valence-corrected chi connectivity index (χ0v) is 10.9. The Morgan fingerprint density at radius 3 is 2.24 bits per heavy atom. The van der Waals surface area contributed by atoms with Crippen LogP contribution in [0.4, 0.5) is 4.39 Å². The summed E-state index contributed by atoms with van der Waals surface area (Å²) in [5.41, 5.74) is 1.27. The number of rotatable bonds is 4. The van der Waals surface area contributed by atoms with Crippen LogP contribution in [0.3, 0.4) is 0 Å². The highest BCUT2D eigenvalue weighted by Gasteiger charge is 2.15. The topological polar surface area (TPSA) is 9.23 Å². The molecule has 0 N–H and O–H groups in total. The number of hydrogen-bond acceptors (Lipinski definition) is 1. The smallest absolute Gasteiger partial charge is 0.119 e. The van der Waals surface area contributed by atoms with Gasteiger partial charge in [0.25, 0.3) is 0 Å². The minimum atomic E-state index is -0.0833. The van der Waals surface area contributed by atoms with Crippen molar-refractivity contribution >= 4 is 0 Å². The van der Waals surface area contributed by atoms with Gasteiger partial charge in [-0.05, 0) is 44.2 Å². The molecular weight excluding hydrogens is 215 g/mol. The zero-order valence-electron chi connectivity index (χ0n) is 10.9. The molecule has 1 aliphatic rings. The van der Waals surface area contributed by atoms with E-state index in [9.17, 15) is 4.39 Å². The van der Waals surface area contributed by atoms with Crippen LogP contribution < -0.4 is 4.74 Å². The van der Waals surface area contributed by atoms with E-state index in [1.54, 1.807) is 0 Å². The number of halogens is 1. The van der Waals surface area contributed by atoms with Gasteiger partial charge < -0.3 is 4.74 Å². The molecule has 0 radical (unpaired) electrons. The Balaban J connectivity index is 0.000000202. The molecule has 0 aliphatic heterocycles. The summed E-state index contributed by atoms with van der Waals surface area (Å²) in [6, 6.07) is 8.13. The predicted molar refractivity (Wildman–Crippen MR) is 70.3 cm³/mol. The van der Waals surface area contributed by atoms with Crippen LogP contribution in [-0.4, -0.2) is 13.3 Å². The van der Waals surface area contributed by atoms with Gasteiger partial charge in [0.15, 0.2) is 0 Å². The summed E-state index contributed by atoms with van der Waals surface area (Å²) in [4.78, 5) is 0. The summed E-state index contributed by atoms with van der Waals surface area (Å²) in [5.74, 6) is 1.42. The Morgan fingerprint density at radius 1 is 1.24 bits per heavy atom. The van der Waals surface area contributed by atoms with Gasteiger partial charge in [-0.2, -0.15) is 0 Å². The van der Waals surface area contributed by atoms with E-state index >= 15 is 0 Å². The molecule has 1 aliphatic carbocycles. The van der Waals surface area contributed by atoms with Crippen molar-refractivity contribution in [3.8, 4) is 5.75 Å². The average Bonchev–Trinajstić information content (AvgIpc) is 2.28. The van der Waals surface area contributed by atoms with Crippen LogP contribution in [0.15, 0.2) is 24.3 Å². The first kappa shape index (κ1) is 14.0. The van der Waals surface area contributed by atoms with E-state index in [0.717, 1.165) is 31.6 Å². The normalized spacial score (nSPS) is 14.5. The lowest BCUT2D eigenvalue weighted by Crippen LogP contribution is -2.11. The van der Waals surface area contributed by atoms with Crippen molar-refractivity contribution in [2.45, 2.75) is 39.5 Å². The molecule has 0 atom stereocenters. The van der Waals surface area contributed by atoms with Gasteiger partial charge in [0.2, 0.25) is 0 Å². The number of aryl methyl sites for hydroxylation is 1. The molecule has 2 rings (SSSR count). The van der Waals surface area contributed by atoms with Crippen molar-refractivity contribution in [1.82, 2.24) is 0 Å². The van der Waals surface area contributed by atoms with Gasteiger partial charge >= 0.3 is 0 Å². The number of ether oxygens (including phenoxy) is 1. The fourth-order valence-electron chi connectivity index (χ4n) is 1.50. The van der Waals surface area contributed by atoms with Gasteiger partial charge in [0.1, 0.15) is 5.75 Å². The first-order valence-electron chi connectivity index (χ1n) is 6.51. The van der Waals surface area contributed by atoms with Crippen LogP contribution in [0.5, 0.6) is 5.75 Å². The van der Waals surface area contributed by atoms with Gasteiger partial charge in [-0.15, -0.1) is 0 Å². The van der Waals surface area contributed by atoms with Crippen LogP contribution in [0.1, 0.15) is 38.2 Å². The fraction of sp³-hybridized carbons (Fsp3) is 0.600. The number of hydrogen-bond donors (Lipinski definition) is 0. The van der Waals surface area contributed by atoms with Crippen molar-refractivity contribution in [2.24, 2.45) is 5.92 Å². The lowest BCUT2D eigenvalue weighted by molar-refractivity contribution is 0.243. The molecule has 1 saturated carbocycles. The van der Waals surface area contributed by atoms with Crippen LogP contribution in [-0.2, 0) is 0 Å². The van der Waals surface area contributed by atoms with Crippen molar-refractivity contribution in [3.63, 3.8) is 0 Å². The monoisotopic (exact) mass is 238 g/mol. The van der Waals surface area contributed by atoms with E-state index in [0.29, 0.717) is 5.92 Å². The van der Waals surface area contributed by atoms with Crippen LogP contribution in [0.2, 0.25) is 0 Å². The third kappa shape index (κ3) is 5.71. The lowest BCUT2D eigenvalue weighted by Gasteiger charge is -2.20. The molecule has 1 nitrogen and oxygen atoms in total. The molecule has 17 heavy (non-hydrogen) atoms. The predicted octanol–water partition coefficient (Wildman–Crippen LogP) is 4.54.